The Balaban J connectivity index is 1.60. The molecule has 1 nitrogen and oxygen atoms in total. The normalized spacial score (nSPS) is 53.9. The molecule has 0 spiro atoms. The van der Waals surface area contributed by atoms with E-state index in [1.54, 1.807) is 0 Å². The summed E-state index contributed by atoms with van der Waals surface area (Å²) in [5.74, 6) is 5.89. The summed E-state index contributed by atoms with van der Waals surface area (Å²) in [5.41, 5.74) is 0.584. The van der Waals surface area contributed by atoms with Crippen LogP contribution in [0.25, 0.3) is 0 Å². The number of hydrogen-bond acceptors (Lipinski definition) is 1. The van der Waals surface area contributed by atoms with E-state index in [2.05, 4.69) is 20.8 Å². The summed E-state index contributed by atoms with van der Waals surface area (Å²) in [6.07, 6.45) is 11.0. The molecule has 4 rings (SSSR count). The van der Waals surface area contributed by atoms with E-state index >= 15 is 0 Å². The minimum atomic E-state index is 0.584. The minimum absolute atomic E-state index is 0.584. The standard InChI is InChI=1S/C19H32O/c1-12-4-7-14-10-15-13(5-8-17(12)19(14,2)3)6-9-18-16(15)11-20-18/h12-18H,4-11H2,1-3H3/t12?,13?,14?,15-,16-,17?,18+/m0/s1. The zero-order chi connectivity index (χ0) is 13.9. The molecule has 2 bridgehead atoms. The lowest BCUT2D eigenvalue weighted by Crippen LogP contribution is -2.53. The molecule has 1 saturated heterocycles. The van der Waals surface area contributed by atoms with Crippen molar-refractivity contribution in [3.05, 3.63) is 0 Å². The topological polar surface area (TPSA) is 9.23 Å². The van der Waals surface area contributed by atoms with Gasteiger partial charge < -0.3 is 4.74 Å². The second-order valence-electron chi connectivity index (χ2n) is 9.03. The Hall–Kier alpha value is -0.0400. The first-order chi connectivity index (χ1) is 9.57. The van der Waals surface area contributed by atoms with E-state index in [1.807, 2.05) is 0 Å². The first kappa shape index (κ1) is 13.6. The predicted molar refractivity (Wildman–Crippen MR) is 82.5 cm³/mol. The van der Waals surface area contributed by atoms with Crippen molar-refractivity contribution in [1.82, 2.24) is 0 Å². The second-order valence-corrected chi connectivity index (χ2v) is 9.03. The second kappa shape index (κ2) is 4.73. The Morgan fingerprint density at radius 1 is 0.900 bits per heavy atom. The zero-order valence-electron chi connectivity index (χ0n) is 13.6. The molecule has 4 fully saturated rings. The SMILES string of the molecule is CC1CCC2C[C@H]3C(CCC1C2(C)C)CC[C@H]1OC[C@H]13. The van der Waals surface area contributed by atoms with Gasteiger partial charge in [-0.15, -0.1) is 0 Å². The Morgan fingerprint density at radius 3 is 2.45 bits per heavy atom. The quantitative estimate of drug-likeness (QED) is 0.611. The van der Waals surface area contributed by atoms with Gasteiger partial charge in [-0.3, -0.25) is 0 Å². The third-order valence-corrected chi connectivity index (χ3v) is 8.03. The van der Waals surface area contributed by atoms with E-state index < -0.39 is 0 Å². The van der Waals surface area contributed by atoms with Gasteiger partial charge in [0.15, 0.2) is 0 Å². The van der Waals surface area contributed by atoms with Crippen LogP contribution in [0.15, 0.2) is 0 Å². The summed E-state index contributed by atoms with van der Waals surface area (Å²) < 4.78 is 5.83. The molecule has 3 saturated carbocycles. The summed E-state index contributed by atoms with van der Waals surface area (Å²) in [6.45, 7) is 8.79. The number of fused-ring (bicyclic) bond motifs is 5. The van der Waals surface area contributed by atoms with Gasteiger partial charge in [-0.05, 0) is 73.5 Å². The van der Waals surface area contributed by atoms with Gasteiger partial charge in [0, 0.05) is 5.92 Å². The molecule has 4 unspecified atom stereocenters. The smallest absolute Gasteiger partial charge is 0.0628 e. The Labute approximate surface area is 124 Å². The monoisotopic (exact) mass is 276 g/mol. The molecule has 0 aromatic carbocycles. The van der Waals surface area contributed by atoms with Crippen LogP contribution in [0, 0.1) is 40.9 Å². The van der Waals surface area contributed by atoms with E-state index in [1.165, 1.54) is 44.9 Å². The molecule has 0 N–H and O–H groups in total. The van der Waals surface area contributed by atoms with Crippen LogP contribution in [-0.4, -0.2) is 12.7 Å². The third kappa shape index (κ3) is 1.91. The molecule has 20 heavy (non-hydrogen) atoms. The lowest BCUT2D eigenvalue weighted by molar-refractivity contribution is -0.184. The molecule has 1 aliphatic heterocycles. The average molecular weight is 276 g/mol. The van der Waals surface area contributed by atoms with Crippen LogP contribution < -0.4 is 0 Å². The molecule has 4 aliphatic rings. The largest absolute Gasteiger partial charge is 0.377 e. The van der Waals surface area contributed by atoms with Crippen molar-refractivity contribution < 1.29 is 4.74 Å². The lowest BCUT2D eigenvalue weighted by atomic mass is 9.51. The van der Waals surface area contributed by atoms with Crippen LogP contribution in [0.5, 0.6) is 0 Å². The summed E-state index contributed by atoms with van der Waals surface area (Å²) >= 11 is 0. The van der Waals surface area contributed by atoms with Gasteiger partial charge in [0.25, 0.3) is 0 Å². The molecule has 1 heteroatoms. The Morgan fingerprint density at radius 2 is 1.70 bits per heavy atom. The van der Waals surface area contributed by atoms with E-state index in [9.17, 15) is 0 Å². The van der Waals surface area contributed by atoms with Crippen LogP contribution in [0.4, 0.5) is 0 Å². The fourth-order valence-electron chi connectivity index (χ4n) is 6.58. The van der Waals surface area contributed by atoms with Gasteiger partial charge in [-0.25, -0.2) is 0 Å². The number of rotatable bonds is 0. The van der Waals surface area contributed by atoms with Crippen molar-refractivity contribution in [1.29, 1.82) is 0 Å². The van der Waals surface area contributed by atoms with Crippen molar-refractivity contribution in [3.63, 3.8) is 0 Å². The van der Waals surface area contributed by atoms with Gasteiger partial charge in [-0.2, -0.15) is 0 Å². The highest BCUT2D eigenvalue weighted by atomic mass is 16.5. The highest BCUT2D eigenvalue weighted by Gasteiger charge is 2.51. The van der Waals surface area contributed by atoms with Gasteiger partial charge in [0.1, 0.15) is 0 Å². The molecule has 0 aromatic rings. The minimum Gasteiger partial charge on any atom is -0.377 e. The molecule has 7 atom stereocenters. The van der Waals surface area contributed by atoms with E-state index in [0.29, 0.717) is 11.5 Å². The summed E-state index contributed by atoms with van der Waals surface area (Å²) in [4.78, 5) is 0. The van der Waals surface area contributed by atoms with Gasteiger partial charge in [0.05, 0.1) is 12.7 Å². The number of hydrogen-bond donors (Lipinski definition) is 0. The maximum Gasteiger partial charge on any atom is 0.0628 e. The average Bonchev–Trinajstić information content (AvgIpc) is 2.35. The fraction of sp³-hybridized carbons (Fsp3) is 1.00. The van der Waals surface area contributed by atoms with Crippen LogP contribution >= 0.6 is 0 Å². The molecule has 114 valence electrons. The van der Waals surface area contributed by atoms with Crippen LogP contribution in [0.2, 0.25) is 0 Å². The zero-order valence-corrected chi connectivity index (χ0v) is 13.6. The molecule has 3 aliphatic carbocycles. The highest BCUT2D eigenvalue weighted by Crippen LogP contribution is 2.57. The number of ether oxygens (including phenoxy) is 1. The van der Waals surface area contributed by atoms with Gasteiger partial charge >= 0.3 is 0 Å². The Kier molecular flexibility index (Phi) is 3.22. The highest BCUT2D eigenvalue weighted by molar-refractivity contribution is 5.00. The van der Waals surface area contributed by atoms with Crippen molar-refractivity contribution in [2.75, 3.05) is 6.61 Å². The van der Waals surface area contributed by atoms with Crippen molar-refractivity contribution in [2.45, 2.75) is 71.8 Å². The van der Waals surface area contributed by atoms with Gasteiger partial charge in [-0.1, -0.05) is 27.2 Å². The first-order valence-electron chi connectivity index (χ1n) is 9.19. The third-order valence-electron chi connectivity index (χ3n) is 8.03. The van der Waals surface area contributed by atoms with Crippen LogP contribution in [0.1, 0.15) is 65.7 Å². The fourth-order valence-corrected chi connectivity index (χ4v) is 6.58. The van der Waals surface area contributed by atoms with Crippen molar-refractivity contribution in [2.24, 2.45) is 40.9 Å². The van der Waals surface area contributed by atoms with Crippen LogP contribution in [0.3, 0.4) is 0 Å². The predicted octanol–water partition coefficient (Wildman–Crippen LogP) is 4.90. The lowest BCUT2D eigenvalue weighted by Gasteiger charge is -2.57. The van der Waals surface area contributed by atoms with Crippen LogP contribution in [-0.2, 0) is 4.74 Å². The van der Waals surface area contributed by atoms with E-state index in [4.69, 9.17) is 4.74 Å². The summed E-state index contributed by atoms with van der Waals surface area (Å²) in [6, 6.07) is 0. The molecule has 0 aromatic heterocycles. The van der Waals surface area contributed by atoms with Crippen molar-refractivity contribution in [3.8, 4) is 0 Å². The molecular weight excluding hydrogens is 244 g/mol. The Bertz CT molecular complexity index is 374. The summed E-state index contributed by atoms with van der Waals surface area (Å²) in [7, 11) is 0. The molecular formula is C19H32O. The van der Waals surface area contributed by atoms with E-state index in [0.717, 1.165) is 42.1 Å². The molecule has 1 heterocycles. The van der Waals surface area contributed by atoms with Crippen molar-refractivity contribution >= 4 is 0 Å². The molecule has 0 radical (unpaired) electrons. The maximum atomic E-state index is 5.83. The van der Waals surface area contributed by atoms with E-state index in [-0.39, 0.29) is 0 Å². The summed E-state index contributed by atoms with van der Waals surface area (Å²) in [5, 5.41) is 0. The first-order valence-corrected chi connectivity index (χ1v) is 9.19. The van der Waals surface area contributed by atoms with Gasteiger partial charge in [0.2, 0.25) is 0 Å². The molecule has 0 amide bonds. The maximum absolute atomic E-state index is 5.83.